The van der Waals surface area contributed by atoms with Crippen LogP contribution in [0.15, 0.2) is 24.3 Å². The van der Waals surface area contributed by atoms with Gasteiger partial charge >= 0.3 is 0 Å². The Hall–Kier alpha value is -1.19. The van der Waals surface area contributed by atoms with E-state index in [1.54, 1.807) is 0 Å². The van der Waals surface area contributed by atoms with E-state index in [1.807, 2.05) is 11.3 Å². The van der Waals surface area contributed by atoms with E-state index < -0.39 is 0 Å². The van der Waals surface area contributed by atoms with Crippen LogP contribution in [0.4, 0.5) is 0 Å². The molecule has 2 aromatic rings. The second-order valence-corrected chi connectivity index (χ2v) is 7.74. The van der Waals surface area contributed by atoms with E-state index in [2.05, 4.69) is 43.4 Å². The fraction of sp³-hybridized carbons (Fsp3) is 0.500. The molecular formula is C18H22N2S. The van der Waals surface area contributed by atoms with Gasteiger partial charge in [-0.2, -0.15) is 0 Å². The Labute approximate surface area is 130 Å². The predicted octanol–water partition coefficient (Wildman–Crippen LogP) is 4.21. The molecule has 4 rings (SSSR count). The smallest absolute Gasteiger partial charge is 0.101 e. The first-order valence-corrected chi connectivity index (χ1v) is 8.84. The lowest BCUT2D eigenvalue weighted by atomic mass is 9.78. The molecule has 2 nitrogen and oxygen atoms in total. The van der Waals surface area contributed by atoms with Gasteiger partial charge in [-0.1, -0.05) is 38.1 Å². The SMILES string of the molecule is CC(C)NCc1sc(C2Cc3ccccc32)nc1C1CC1. The summed E-state index contributed by atoms with van der Waals surface area (Å²) in [6, 6.07) is 9.36. The number of fused-ring (bicyclic) bond motifs is 1. The molecule has 0 saturated heterocycles. The van der Waals surface area contributed by atoms with Gasteiger partial charge < -0.3 is 5.32 Å². The molecule has 0 aliphatic heterocycles. The van der Waals surface area contributed by atoms with Crippen molar-refractivity contribution in [3.8, 4) is 0 Å². The number of nitrogens with one attached hydrogen (secondary N) is 1. The fourth-order valence-electron chi connectivity index (χ4n) is 3.11. The summed E-state index contributed by atoms with van der Waals surface area (Å²) < 4.78 is 0. The van der Waals surface area contributed by atoms with Crippen molar-refractivity contribution < 1.29 is 0 Å². The van der Waals surface area contributed by atoms with Crippen LogP contribution in [0.3, 0.4) is 0 Å². The van der Waals surface area contributed by atoms with E-state index in [4.69, 9.17) is 4.98 Å². The van der Waals surface area contributed by atoms with Crippen LogP contribution in [0.5, 0.6) is 0 Å². The number of nitrogens with zero attached hydrogens (tertiary/aromatic N) is 1. The third-order valence-electron chi connectivity index (χ3n) is 4.53. The third kappa shape index (κ3) is 2.53. The molecule has 1 unspecified atom stereocenters. The summed E-state index contributed by atoms with van der Waals surface area (Å²) in [5.74, 6) is 1.30. The standard InChI is InChI=1S/C18H22N2S/c1-11(2)19-10-16-17(12-7-8-12)20-18(21-16)15-9-13-5-3-4-6-14(13)15/h3-6,11-12,15,19H,7-10H2,1-2H3. The lowest BCUT2D eigenvalue weighted by Gasteiger charge is -2.28. The molecule has 0 radical (unpaired) electrons. The third-order valence-corrected chi connectivity index (χ3v) is 5.72. The highest BCUT2D eigenvalue weighted by molar-refractivity contribution is 7.11. The molecule has 1 N–H and O–H groups in total. The van der Waals surface area contributed by atoms with Gasteiger partial charge in [-0.25, -0.2) is 4.98 Å². The van der Waals surface area contributed by atoms with Crippen LogP contribution in [0.2, 0.25) is 0 Å². The first-order chi connectivity index (χ1) is 10.2. The lowest BCUT2D eigenvalue weighted by Crippen LogP contribution is -2.21. The number of rotatable bonds is 5. The summed E-state index contributed by atoms with van der Waals surface area (Å²) >= 11 is 1.94. The summed E-state index contributed by atoms with van der Waals surface area (Å²) in [6.07, 6.45) is 3.84. The van der Waals surface area contributed by atoms with Gasteiger partial charge in [0.2, 0.25) is 0 Å². The molecule has 21 heavy (non-hydrogen) atoms. The van der Waals surface area contributed by atoms with E-state index in [0.29, 0.717) is 12.0 Å². The molecule has 1 heterocycles. The van der Waals surface area contributed by atoms with Gasteiger partial charge in [0.15, 0.2) is 0 Å². The minimum absolute atomic E-state index is 0.534. The monoisotopic (exact) mass is 298 g/mol. The van der Waals surface area contributed by atoms with Gasteiger partial charge in [0.05, 0.1) is 5.69 Å². The Morgan fingerprint density at radius 3 is 2.81 bits per heavy atom. The Kier molecular flexibility index (Phi) is 3.35. The van der Waals surface area contributed by atoms with E-state index >= 15 is 0 Å². The van der Waals surface area contributed by atoms with Gasteiger partial charge in [0.1, 0.15) is 5.01 Å². The van der Waals surface area contributed by atoms with Crippen LogP contribution in [-0.4, -0.2) is 11.0 Å². The van der Waals surface area contributed by atoms with Crippen molar-refractivity contribution in [2.75, 3.05) is 0 Å². The maximum absolute atomic E-state index is 5.05. The normalized spacial score (nSPS) is 20.4. The molecular weight excluding hydrogens is 276 g/mol. The van der Waals surface area contributed by atoms with E-state index in [0.717, 1.165) is 12.5 Å². The van der Waals surface area contributed by atoms with Crippen molar-refractivity contribution in [1.29, 1.82) is 0 Å². The predicted molar refractivity (Wildman–Crippen MR) is 88.1 cm³/mol. The van der Waals surface area contributed by atoms with Crippen molar-refractivity contribution in [3.63, 3.8) is 0 Å². The Balaban J connectivity index is 1.60. The van der Waals surface area contributed by atoms with Crippen molar-refractivity contribution in [1.82, 2.24) is 10.3 Å². The van der Waals surface area contributed by atoms with Crippen LogP contribution < -0.4 is 5.32 Å². The number of hydrogen-bond donors (Lipinski definition) is 1. The van der Waals surface area contributed by atoms with E-state index in [-0.39, 0.29) is 0 Å². The minimum atomic E-state index is 0.534. The summed E-state index contributed by atoms with van der Waals surface area (Å²) in [5.41, 5.74) is 4.40. The van der Waals surface area contributed by atoms with Crippen molar-refractivity contribution in [2.45, 2.75) is 57.5 Å². The van der Waals surface area contributed by atoms with Gasteiger partial charge in [0, 0.05) is 29.3 Å². The van der Waals surface area contributed by atoms with E-state index in [9.17, 15) is 0 Å². The second-order valence-electron chi connectivity index (χ2n) is 6.63. The van der Waals surface area contributed by atoms with Crippen molar-refractivity contribution >= 4 is 11.3 Å². The molecule has 2 aliphatic carbocycles. The Bertz CT molecular complexity index is 655. The maximum Gasteiger partial charge on any atom is 0.101 e. The summed E-state index contributed by atoms with van der Waals surface area (Å²) in [5, 5.41) is 4.91. The van der Waals surface area contributed by atoms with Gasteiger partial charge in [0.25, 0.3) is 0 Å². The second kappa shape index (κ2) is 5.22. The molecule has 1 aromatic carbocycles. The molecule has 1 saturated carbocycles. The highest BCUT2D eigenvalue weighted by Crippen LogP contribution is 2.47. The lowest BCUT2D eigenvalue weighted by molar-refractivity contribution is 0.590. The van der Waals surface area contributed by atoms with Crippen LogP contribution in [-0.2, 0) is 13.0 Å². The Morgan fingerprint density at radius 1 is 1.29 bits per heavy atom. The molecule has 110 valence electrons. The average molecular weight is 298 g/mol. The molecule has 0 amide bonds. The molecule has 0 spiro atoms. The number of hydrogen-bond acceptors (Lipinski definition) is 3. The zero-order valence-corrected chi connectivity index (χ0v) is 13.5. The Morgan fingerprint density at radius 2 is 2.10 bits per heavy atom. The average Bonchev–Trinajstić information content (AvgIpc) is 3.20. The van der Waals surface area contributed by atoms with Gasteiger partial charge in [-0.05, 0) is 30.4 Å². The van der Waals surface area contributed by atoms with E-state index in [1.165, 1.54) is 46.0 Å². The van der Waals surface area contributed by atoms with Crippen LogP contribution in [0, 0.1) is 0 Å². The summed E-state index contributed by atoms with van der Waals surface area (Å²) in [4.78, 5) is 6.53. The molecule has 1 aromatic heterocycles. The summed E-state index contributed by atoms with van der Waals surface area (Å²) in [6.45, 7) is 5.40. The number of aromatic nitrogens is 1. The molecule has 1 fully saturated rings. The first-order valence-electron chi connectivity index (χ1n) is 8.03. The van der Waals surface area contributed by atoms with Crippen LogP contribution >= 0.6 is 11.3 Å². The molecule has 0 bridgehead atoms. The molecule has 2 aliphatic rings. The first kappa shape index (κ1) is 13.5. The minimum Gasteiger partial charge on any atom is -0.310 e. The highest BCUT2D eigenvalue weighted by atomic mass is 32.1. The largest absolute Gasteiger partial charge is 0.310 e. The van der Waals surface area contributed by atoms with Crippen LogP contribution in [0.25, 0.3) is 0 Å². The molecule has 1 atom stereocenters. The number of benzene rings is 1. The topological polar surface area (TPSA) is 24.9 Å². The zero-order valence-electron chi connectivity index (χ0n) is 12.7. The van der Waals surface area contributed by atoms with Gasteiger partial charge in [-0.3, -0.25) is 0 Å². The quantitative estimate of drug-likeness (QED) is 0.894. The molecule has 3 heteroatoms. The van der Waals surface area contributed by atoms with Crippen molar-refractivity contribution in [2.24, 2.45) is 0 Å². The van der Waals surface area contributed by atoms with Gasteiger partial charge in [-0.15, -0.1) is 11.3 Å². The van der Waals surface area contributed by atoms with Crippen molar-refractivity contribution in [3.05, 3.63) is 51.0 Å². The summed E-state index contributed by atoms with van der Waals surface area (Å²) in [7, 11) is 0. The maximum atomic E-state index is 5.05. The highest BCUT2D eigenvalue weighted by Gasteiger charge is 2.34. The zero-order chi connectivity index (χ0) is 14.4. The van der Waals surface area contributed by atoms with Crippen LogP contribution in [0.1, 0.15) is 65.2 Å². The fourth-order valence-corrected chi connectivity index (χ4v) is 4.33. The number of thiazole rings is 1.